The summed E-state index contributed by atoms with van der Waals surface area (Å²) >= 11 is 3.35. The molecule has 0 radical (unpaired) electrons. The van der Waals surface area contributed by atoms with Gasteiger partial charge in [-0.25, -0.2) is 0 Å². The van der Waals surface area contributed by atoms with Gasteiger partial charge in [-0.3, -0.25) is 9.59 Å². The van der Waals surface area contributed by atoms with E-state index >= 15 is 0 Å². The van der Waals surface area contributed by atoms with Crippen LogP contribution in [0.1, 0.15) is 17.3 Å². The number of ether oxygens (including phenoxy) is 1. The zero-order chi connectivity index (χ0) is 14.5. The van der Waals surface area contributed by atoms with E-state index in [1.807, 2.05) is 24.0 Å². The van der Waals surface area contributed by atoms with E-state index in [0.29, 0.717) is 31.9 Å². The molecule has 1 saturated heterocycles. The van der Waals surface area contributed by atoms with Crippen LogP contribution in [-0.4, -0.2) is 44.5 Å². The number of hydrogen-bond acceptors (Lipinski definition) is 4. The van der Waals surface area contributed by atoms with Crippen molar-refractivity contribution in [2.24, 2.45) is 0 Å². The number of rotatable bonds is 4. The normalized spacial score (nSPS) is 18.7. The van der Waals surface area contributed by atoms with Crippen molar-refractivity contribution in [2.75, 3.05) is 31.2 Å². The van der Waals surface area contributed by atoms with Crippen LogP contribution in [0.4, 0.5) is 5.69 Å². The number of hydrogen-bond donors (Lipinski definition) is 1. The molecule has 1 aliphatic heterocycles. The minimum atomic E-state index is -0.399. The van der Waals surface area contributed by atoms with Gasteiger partial charge in [-0.05, 0) is 25.1 Å². The number of carbonyl (C=O) groups excluding carboxylic acids is 2. The number of nitrogens with one attached hydrogen (secondary N) is 1. The van der Waals surface area contributed by atoms with Crippen LogP contribution in [0.3, 0.4) is 0 Å². The molecule has 0 bridgehead atoms. The van der Waals surface area contributed by atoms with Gasteiger partial charge in [0.2, 0.25) is 5.91 Å². The van der Waals surface area contributed by atoms with Crippen molar-refractivity contribution in [3.8, 4) is 0 Å². The first kappa shape index (κ1) is 15.0. The Morgan fingerprint density at radius 3 is 3.10 bits per heavy atom. The van der Waals surface area contributed by atoms with Crippen molar-refractivity contribution in [2.45, 2.75) is 13.0 Å². The third kappa shape index (κ3) is 3.19. The number of benzene rings is 1. The zero-order valence-corrected chi connectivity index (χ0v) is 12.9. The summed E-state index contributed by atoms with van der Waals surface area (Å²) in [4.78, 5) is 25.3. The number of nitrogens with zero attached hydrogens (tertiary/aromatic N) is 1. The summed E-state index contributed by atoms with van der Waals surface area (Å²) in [5, 5.41) is 2.81. The van der Waals surface area contributed by atoms with E-state index in [-0.39, 0.29) is 5.91 Å². The molecular weight excluding hydrogens is 324 g/mol. The number of carbonyl (C=O) groups is 2. The second kappa shape index (κ2) is 6.85. The summed E-state index contributed by atoms with van der Waals surface area (Å²) in [7, 11) is 0. The fourth-order valence-corrected chi connectivity index (χ4v) is 2.66. The summed E-state index contributed by atoms with van der Waals surface area (Å²) in [6.45, 7) is 3.92. The number of likely N-dealkylation sites (N-methyl/N-ethyl adjacent to an activating group) is 1. The smallest absolute Gasteiger partial charge is 0.245 e. The van der Waals surface area contributed by atoms with Crippen molar-refractivity contribution in [3.05, 3.63) is 28.2 Å². The highest BCUT2D eigenvalue weighted by molar-refractivity contribution is 9.10. The first-order chi connectivity index (χ1) is 9.67. The standard InChI is InChI=1S/C14H17BrN2O3/c1-2-16-14(19)13-9-20-6-5-17(13)12-4-3-11(15)7-10(12)8-18/h3-4,7-8,13H,2,5-6,9H2,1H3,(H,16,19). The summed E-state index contributed by atoms with van der Waals surface area (Å²) in [5.74, 6) is -0.0769. The van der Waals surface area contributed by atoms with Gasteiger partial charge in [0.1, 0.15) is 6.04 Å². The van der Waals surface area contributed by atoms with E-state index in [1.54, 1.807) is 6.07 Å². The van der Waals surface area contributed by atoms with Crippen LogP contribution in [-0.2, 0) is 9.53 Å². The van der Waals surface area contributed by atoms with Gasteiger partial charge in [0.25, 0.3) is 0 Å². The van der Waals surface area contributed by atoms with Gasteiger partial charge in [0.15, 0.2) is 6.29 Å². The van der Waals surface area contributed by atoms with Gasteiger partial charge in [0, 0.05) is 28.8 Å². The second-order valence-corrected chi connectivity index (χ2v) is 5.42. The molecule has 0 aliphatic carbocycles. The maximum Gasteiger partial charge on any atom is 0.245 e. The Hall–Kier alpha value is -1.40. The maximum atomic E-state index is 12.1. The predicted octanol–water partition coefficient (Wildman–Crippen LogP) is 1.60. The lowest BCUT2D eigenvalue weighted by atomic mass is 10.1. The first-order valence-corrected chi connectivity index (χ1v) is 7.33. The minimum Gasteiger partial charge on any atom is -0.377 e. The number of amides is 1. The number of aldehydes is 1. The van der Waals surface area contributed by atoms with Crippen LogP contribution in [0.15, 0.2) is 22.7 Å². The summed E-state index contributed by atoms with van der Waals surface area (Å²) in [6.07, 6.45) is 0.810. The Morgan fingerprint density at radius 2 is 2.40 bits per heavy atom. The predicted molar refractivity (Wildman–Crippen MR) is 80.2 cm³/mol. The lowest BCUT2D eigenvalue weighted by molar-refractivity contribution is -0.124. The molecule has 1 unspecified atom stereocenters. The van der Waals surface area contributed by atoms with Gasteiger partial charge in [-0.1, -0.05) is 15.9 Å². The van der Waals surface area contributed by atoms with Crippen LogP contribution >= 0.6 is 15.9 Å². The van der Waals surface area contributed by atoms with Crippen molar-refractivity contribution in [1.29, 1.82) is 0 Å². The molecule has 1 heterocycles. The molecule has 1 aromatic rings. The van der Waals surface area contributed by atoms with E-state index in [0.717, 1.165) is 16.4 Å². The molecule has 1 fully saturated rings. The molecule has 1 atom stereocenters. The summed E-state index contributed by atoms with van der Waals surface area (Å²) in [5.41, 5.74) is 1.33. The molecule has 1 aliphatic rings. The molecule has 2 rings (SSSR count). The second-order valence-electron chi connectivity index (χ2n) is 4.50. The average molecular weight is 341 g/mol. The SMILES string of the molecule is CCNC(=O)C1COCCN1c1ccc(Br)cc1C=O. The van der Waals surface area contributed by atoms with Gasteiger partial charge in [-0.15, -0.1) is 0 Å². The van der Waals surface area contributed by atoms with Gasteiger partial charge < -0.3 is 15.0 Å². The van der Waals surface area contributed by atoms with E-state index in [1.165, 1.54) is 0 Å². The fourth-order valence-electron chi connectivity index (χ4n) is 2.28. The van der Waals surface area contributed by atoms with Crippen molar-refractivity contribution < 1.29 is 14.3 Å². The van der Waals surface area contributed by atoms with Crippen LogP contribution in [0.2, 0.25) is 0 Å². The Labute approximate surface area is 126 Å². The Bertz CT molecular complexity index is 507. The maximum absolute atomic E-state index is 12.1. The molecule has 6 heteroatoms. The van der Waals surface area contributed by atoms with Gasteiger partial charge in [-0.2, -0.15) is 0 Å². The third-order valence-corrected chi connectivity index (χ3v) is 3.70. The van der Waals surface area contributed by atoms with E-state index in [2.05, 4.69) is 21.2 Å². The Balaban J connectivity index is 2.32. The van der Waals surface area contributed by atoms with Crippen LogP contribution in [0.5, 0.6) is 0 Å². The highest BCUT2D eigenvalue weighted by Crippen LogP contribution is 2.26. The minimum absolute atomic E-state index is 0.0769. The molecule has 1 N–H and O–H groups in total. The van der Waals surface area contributed by atoms with Gasteiger partial charge in [0.05, 0.1) is 13.2 Å². The first-order valence-electron chi connectivity index (χ1n) is 6.54. The largest absolute Gasteiger partial charge is 0.377 e. The molecule has 0 aromatic heterocycles. The molecule has 20 heavy (non-hydrogen) atoms. The topological polar surface area (TPSA) is 58.6 Å². The quantitative estimate of drug-likeness (QED) is 0.846. The van der Waals surface area contributed by atoms with Crippen molar-refractivity contribution in [3.63, 3.8) is 0 Å². The average Bonchev–Trinajstić information content (AvgIpc) is 2.47. The number of anilines is 1. The van der Waals surface area contributed by atoms with Crippen molar-refractivity contribution >= 4 is 33.8 Å². The van der Waals surface area contributed by atoms with E-state index in [9.17, 15) is 9.59 Å². The molecule has 5 nitrogen and oxygen atoms in total. The summed E-state index contributed by atoms with van der Waals surface area (Å²) < 4.78 is 6.24. The lowest BCUT2D eigenvalue weighted by Gasteiger charge is -2.36. The number of halogens is 1. The highest BCUT2D eigenvalue weighted by Gasteiger charge is 2.30. The van der Waals surface area contributed by atoms with Crippen LogP contribution in [0.25, 0.3) is 0 Å². The van der Waals surface area contributed by atoms with Crippen LogP contribution in [0, 0.1) is 0 Å². The molecule has 0 saturated carbocycles. The molecule has 1 aromatic carbocycles. The van der Waals surface area contributed by atoms with E-state index in [4.69, 9.17) is 4.74 Å². The monoisotopic (exact) mass is 340 g/mol. The Morgan fingerprint density at radius 1 is 1.60 bits per heavy atom. The molecule has 108 valence electrons. The lowest BCUT2D eigenvalue weighted by Crippen LogP contribution is -2.54. The fraction of sp³-hybridized carbons (Fsp3) is 0.429. The van der Waals surface area contributed by atoms with Gasteiger partial charge >= 0.3 is 0 Å². The van der Waals surface area contributed by atoms with E-state index < -0.39 is 6.04 Å². The molecule has 0 spiro atoms. The zero-order valence-electron chi connectivity index (χ0n) is 11.3. The van der Waals surface area contributed by atoms with Crippen molar-refractivity contribution in [1.82, 2.24) is 5.32 Å². The highest BCUT2D eigenvalue weighted by atomic mass is 79.9. The Kier molecular flexibility index (Phi) is 5.14. The third-order valence-electron chi connectivity index (χ3n) is 3.21. The van der Waals surface area contributed by atoms with Crippen LogP contribution < -0.4 is 10.2 Å². The molecule has 1 amide bonds. The number of morpholine rings is 1. The summed E-state index contributed by atoms with van der Waals surface area (Å²) in [6, 6.07) is 5.08. The molecular formula is C14H17BrN2O3.